The first-order valence-corrected chi connectivity index (χ1v) is 5.59. The van der Waals surface area contributed by atoms with Gasteiger partial charge < -0.3 is 4.90 Å². The van der Waals surface area contributed by atoms with Crippen molar-refractivity contribution in [1.82, 2.24) is 9.80 Å². The third kappa shape index (κ3) is 2.96. The first-order valence-electron chi connectivity index (χ1n) is 5.59. The Morgan fingerprint density at radius 1 is 1.31 bits per heavy atom. The van der Waals surface area contributed by atoms with Crippen LogP contribution >= 0.6 is 0 Å². The van der Waals surface area contributed by atoms with Crippen molar-refractivity contribution in [2.75, 3.05) is 26.7 Å². The summed E-state index contributed by atoms with van der Waals surface area (Å²) in [5.41, 5.74) is 0. The Morgan fingerprint density at radius 3 is 2.54 bits per heavy atom. The van der Waals surface area contributed by atoms with Crippen LogP contribution < -0.4 is 0 Å². The topological polar surface area (TPSA) is 6.48 Å². The molecule has 0 aromatic rings. The Bertz CT molecular complexity index is 145. The van der Waals surface area contributed by atoms with Gasteiger partial charge in [-0.05, 0) is 27.3 Å². The fourth-order valence-corrected chi connectivity index (χ4v) is 2.29. The van der Waals surface area contributed by atoms with E-state index in [0.717, 1.165) is 6.04 Å². The van der Waals surface area contributed by atoms with Gasteiger partial charge in [0.25, 0.3) is 0 Å². The molecule has 1 unspecified atom stereocenters. The van der Waals surface area contributed by atoms with Crippen LogP contribution in [-0.4, -0.2) is 48.6 Å². The first kappa shape index (κ1) is 11.0. The van der Waals surface area contributed by atoms with Crippen LogP contribution in [0.1, 0.15) is 33.6 Å². The number of nitrogens with zero attached hydrogens (tertiary/aromatic N) is 2. The Hall–Kier alpha value is -0.0800. The van der Waals surface area contributed by atoms with Crippen LogP contribution in [0.5, 0.6) is 0 Å². The number of piperazine rings is 1. The van der Waals surface area contributed by atoms with E-state index in [9.17, 15) is 0 Å². The highest BCUT2D eigenvalue weighted by molar-refractivity contribution is 4.82. The van der Waals surface area contributed by atoms with Gasteiger partial charge in [0.2, 0.25) is 0 Å². The minimum absolute atomic E-state index is 0.713. The van der Waals surface area contributed by atoms with Crippen LogP contribution in [0.4, 0.5) is 0 Å². The maximum absolute atomic E-state index is 2.66. The van der Waals surface area contributed by atoms with Crippen molar-refractivity contribution in [3.8, 4) is 0 Å². The zero-order chi connectivity index (χ0) is 9.84. The van der Waals surface area contributed by atoms with Crippen LogP contribution in [0.25, 0.3) is 0 Å². The highest BCUT2D eigenvalue weighted by atomic mass is 15.3. The fraction of sp³-hybridized carbons (Fsp3) is 1.00. The Morgan fingerprint density at radius 2 is 2.00 bits per heavy atom. The summed E-state index contributed by atoms with van der Waals surface area (Å²) in [5.74, 6) is 0. The smallest absolute Gasteiger partial charge is 0.0226 e. The average Bonchev–Trinajstić information content (AvgIpc) is 2.04. The largest absolute Gasteiger partial charge is 0.304 e. The SMILES string of the molecule is CCCC1CN(C)CCN1C(C)C. The summed E-state index contributed by atoms with van der Waals surface area (Å²) in [6, 6.07) is 1.51. The second-order valence-corrected chi connectivity index (χ2v) is 4.54. The van der Waals surface area contributed by atoms with Gasteiger partial charge in [-0.2, -0.15) is 0 Å². The van der Waals surface area contributed by atoms with Crippen molar-refractivity contribution in [2.45, 2.75) is 45.7 Å². The standard InChI is InChI=1S/C11H24N2/c1-5-6-11-9-12(4)7-8-13(11)10(2)3/h10-11H,5-9H2,1-4H3. The van der Waals surface area contributed by atoms with Crippen molar-refractivity contribution in [1.29, 1.82) is 0 Å². The van der Waals surface area contributed by atoms with Crippen LogP contribution in [0, 0.1) is 0 Å². The van der Waals surface area contributed by atoms with E-state index in [1.54, 1.807) is 0 Å². The maximum Gasteiger partial charge on any atom is 0.0226 e. The minimum atomic E-state index is 0.713. The third-order valence-corrected chi connectivity index (χ3v) is 3.02. The molecule has 13 heavy (non-hydrogen) atoms. The lowest BCUT2D eigenvalue weighted by molar-refractivity contribution is 0.0593. The lowest BCUT2D eigenvalue weighted by Gasteiger charge is -2.42. The molecule has 0 amide bonds. The molecular formula is C11H24N2. The first-order chi connectivity index (χ1) is 6.15. The summed E-state index contributed by atoms with van der Waals surface area (Å²) in [7, 11) is 2.24. The van der Waals surface area contributed by atoms with E-state index in [4.69, 9.17) is 0 Å². The predicted octanol–water partition coefficient (Wildman–Crippen LogP) is 1.81. The minimum Gasteiger partial charge on any atom is -0.304 e. The second-order valence-electron chi connectivity index (χ2n) is 4.54. The van der Waals surface area contributed by atoms with E-state index in [0.29, 0.717) is 6.04 Å². The molecule has 0 aromatic carbocycles. The molecule has 1 fully saturated rings. The number of rotatable bonds is 3. The van der Waals surface area contributed by atoms with E-state index in [1.807, 2.05) is 0 Å². The van der Waals surface area contributed by atoms with Crippen molar-refractivity contribution in [3.63, 3.8) is 0 Å². The van der Waals surface area contributed by atoms with Gasteiger partial charge in [0.05, 0.1) is 0 Å². The van der Waals surface area contributed by atoms with Gasteiger partial charge in [0.1, 0.15) is 0 Å². The van der Waals surface area contributed by atoms with Crippen LogP contribution in [0.2, 0.25) is 0 Å². The molecule has 1 saturated heterocycles. The monoisotopic (exact) mass is 184 g/mol. The van der Waals surface area contributed by atoms with Gasteiger partial charge in [-0.1, -0.05) is 13.3 Å². The molecule has 1 aliphatic heterocycles. The molecular weight excluding hydrogens is 160 g/mol. The second kappa shape index (κ2) is 4.97. The predicted molar refractivity (Wildman–Crippen MR) is 58.0 cm³/mol. The number of hydrogen-bond acceptors (Lipinski definition) is 2. The molecule has 78 valence electrons. The molecule has 1 heterocycles. The fourth-order valence-electron chi connectivity index (χ4n) is 2.29. The van der Waals surface area contributed by atoms with Gasteiger partial charge in [-0.25, -0.2) is 0 Å². The molecule has 1 atom stereocenters. The van der Waals surface area contributed by atoms with Crippen molar-refractivity contribution < 1.29 is 0 Å². The molecule has 0 N–H and O–H groups in total. The lowest BCUT2D eigenvalue weighted by atomic mass is 10.1. The highest BCUT2D eigenvalue weighted by Crippen LogP contribution is 2.15. The molecule has 0 aromatic heterocycles. The molecule has 0 aliphatic carbocycles. The Balaban J connectivity index is 2.50. The molecule has 0 spiro atoms. The van der Waals surface area contributed by atoms with Crippen LogP contribution in [0.3, 0.4) is 0 Å². The van der Waals surface area contributed by atoms with E-state index in [-0.39, 0.29) is 0 Å². The highest BCUT2D eigenvalue weighted by Gasteiger charge is 2.25. The third-order valence-electron chi connectivity index (χ3n) is 3.02. The van der Waals surface area contributed by atoms with E-state index < -0.39 is 0 Å². The lowest BCUT2D eigenvalue weighted by Crippen LogP contribution is -2.54. The van der Waals surface area contributed by atoms with Gasteiger partial charge in [-0.3, -0.25) is 4.90 Å². The molecule has 2 nitrogen and oxygen atoms in total. The van der Waals surface area contributed by atoms with Crippen molar-refractivity contribution >= 4 is 0 Å². The maximum atomic E-state index is 2.66. The summed E-state index contributed by atoms with van der Waals surface area (Å²) in [4.78, 5) is 5.11. The van der Waals surface area contributed by atoms with Gasteiger partial charge in [0, 0.05) is 31.7 Å². The van der Waals surface area contributed by atoms with Gasteiger partial charge in [-0.15, -0.1) is 0 Å². The van der Waals surface area contributed by atoms with E-state index in [2.05, 4.69) is 37.6 Å². The number of likely N-dealkylation sites (N-methyl/N-ethyl adjacent to an activating group) is 1. The summed E-state index contributed by atoms with van der Waals surface area (Å²) in [6.45, 7) is 10.7. The zero-order valence-electron chi connectivity index (χ0n) is 9.58. The summed E-state index contributed by atoms with van der Waals surface area (Å²) >= 11 is 0. The van der Waals surface area contributed by atoms with Crippen LogP contribution in [0.15, 0.2) is 0 Å². The Kier molecular flexibility index (Phi) is 4.20. The molecule has 2 heteroatoms. The number of hydrogen-bond donors (Lipinski definition) is 0. The molecule has 0 saturated carbocycles. The van der Waals surface area contributed by atoms with Gasteiger partial charge >= 0.3 is 0 Å². The molecule has 1 aliphatic rings. The average molecular weight is 184 g/mol. The quantitative estimate of drug-likeness (QED) is 0.660. The summed E-state index contributed by atoms with van der Waals surface area (Å²) in [5, 5.41) is 0. The summed E-state index contributed by atoms with van der Waals surface area (Å²) < 4.78 is 0. The molecule has 0 bridgehead atoms. The Labute approximate surface area is 82.9 Å². The van der Waals surface area contributed by atoms with Crippen LogP contribution in [-0.2, 0) is 0 Å². The molecule has 1 rings (SSSR count). The van der Waals surface area contributed by atoms with Crippen molar-refractivity contribution in [3.05, 3.63) is 0 Å². The summed E-state index contributed by atoms with van der Waals surface area (Å²) in [6.07, 6.45) is 2.66. The van der Waals surface area contributed by atoms with Gasteiger partial charge in [0.15, 0.2) is 0 Å². The van der Waals surface area contributed by atoms with E-state index in [1.165, 1.54) is 32.5 Å². The zero-order valence-corrected chi connectivity index (χ0v) is 9.58. The molecule has 0 radical (unpaired) electrons. The van der Waals surface area contributed by atoms with Crippen molar-refractivity contribution in [2.24, 2.45) is 0 Å². The normalized spacial score (nSPS) is 27.0. The van der Waals surface area contributed by atoms with E-state index >= 15 is 0 Å².